The third-order valence-electron chi connectivity index (χ3n) is 9.35. The average molecular weight is 671 g/mol. The highest BCUT2D eigenvalue weighted by molar-refractivity contribution is 5.95. The van der Waals surface area contributed by atoms with Crippen molar-refractivity contribution >= 4 is 17.0 Å². The number of imidazole rings is 1. The van der Waals surface area contributed by atoms with Crippen LogP contribution in [0.2, 0.25) is 0 Å². The molecule has 1 atom stereocenters. The van der Waals surface area contributed by atoms with Crippen LogP contribution in [0.1, 0.15) is 50.8 Å². The summed E-state index contributed by atoms with van der Waals surface area (Å²) in [5.74, 6) is 0.0254. The van der Waals surface area contributed by atoms with Crippen molar-refractivity contribution in [3.63, 3.8) is 0 Å². The Labute approximate surface area is 279 Å². The molecule has 0 spiro atoms. The molecule has 2 saturated heterocycles. The van der Waals surface area contributed by atoms with Gasteiger partial charge in [0.15, 0.2) is 5.82 Å². The number of hydrogen-bond acceptors (Lipinski definition) is 9. The minimum Gasteiger partial charge on any atom is -0.494 e. The normalized spacial score (nSPS) is 16.9. The summed E-state index contributed by atoms with van der Waals surface area (Å²) in [6, 6.07) is 11.0. The van der Waals surface area contributed by atoms with Crippen molar-refractivity contribution in [1.29, 1.82) is 0 Å². The number of aromatic nitrogens is 4. The Morgan fingerprint density at radius 2 is 1.94 bits per heavy atom. The molecular formula is C36H32F2N4O7. The van der Waals surface area contributed by atoms with E-state index in [9.17, 15) is 14.3 Å². The topological polar surface area (TPSA) is 127 Å². The molecule has 13 heteroatoms. The monoisotopic (exact) mass is 670 g/mol. The average Bonchev–Trinajstić information content (AvgIpc) is 3.67. The summed E-state index contributed by atoms with van der Waals surface area (Å²) in [7, 11) is 1.46. The first-order valence-corrected chi connectivity index (χ1v) is 16.1. The molecule has 0 unspecified atom stereocenters. The van der Waals surface area contributed by atoms with E-state index in [-0.39, 0.29) is 48.1 Å². The van der Waals surface area contributed by atoms with E-state index in [0.717, 1.165) is 12.0 Å². The molecule has 2 aromatic heterocycles. The molecule has 0 bridgehead atoms. The van der Waals surface area contributed by atoms with Crippen LogP contribution in [0.5, 0.6) is 17.4 Å². The van der Waals surface area contributed by atoms with Crippen molar-refractivity contribution in [2.45, 2.75) is 44.4 Å². The third-order valence-corrected chi connectivity index (χ3v) is 9.35. The van der Waals surface area contributed by atoms with Crippen LogP contribution in [-0.4, -0.2) is 70.2 Å². The summed E-state index contributed by atoms with van der Waals surface area (Å²) in [5, 5.41) is 9.73. The zero-order valence-electron chi connectivity index (χ0n) is 26.6. The van der Waals surface area contributed by atoms with Crippen LogP contribution in [0.25, 0.3) is 22.4 Å². The van der Waals surface area contributed by atoms with Crippen LogP contribution in [-0.2, 0) is 35.5 Å². The second kappa shape index (κ2) is 12.7. The fraction of sp³-hybridized carbons (Fsp3) is 0.333. The Bertz CT molecular complexity index is 2090. The molecule has 3 aliphatic heterocycles. The number of rotatable bonds is 11. The van der Waals surface area contributed by atoms with Crippen molar-refractivity contribution in [2.24, 2.45) is 0 Å². The van der Waals surface area contributed by atoms with Gasteiger partial charge in [-0.3, -0.25) is 0 Å². The van der Waals surface area contributed by atoms with Gasteiger partial charge in [-0.2, -0.15) is 4.98 Å². The second-order valence-corrected chi connectivity index (χ2v) is 12.3. The van der Waals surface area contributed by atoms with Crippen molar-refractivity contribution in [3.8, 4) is 28.8 Å². The summed E-state index contributed by atoms with van der Waals surface area (Å²) < 4.78 is 61.2. The van der Waals surface area contributed by atoms with Gasteiger partial charge < -0.3 is 33.4 Å². The zero-order chi connectivity index (χ0) is 33.6. The molecule has 0 radical (unpaired) electrons. The molecule has 0 amide bonds. The van der Waals surface area contributed by atoms with Gasteiger partial charge in [0.2, 0.25) is 5.88 Å². The molecule has 2 fully saturated rings. The summed E-state index contributed by atoms with van der Waals surface area (Å²) in [4.78, 5) is 25.6. The van der Waals surface area contributed by atoms with E-state index >= 15 is 4.39 Å². The fourth-order valence-corrected chi connectivity index (χ4v) is 6.48. The largest absolute Gasteiger partial charge is 0.494 e. The molecular weight excluding hydrogens is 638 g/mol. The molecule has 5 aromatic rings. The molecule has 5 heterocycles. The van der Waals surface area contributed by atoms with E-state index in [1.807, 2.05) is 10.6 Å². The van der Waals surface area contributed by atoms with E-state index in [1.165, 1.54) is 31.5 Å². The number of nitrogens with zero attached hydrogens (tertiary/aromatic N) is 4. The number of benzene rings is 3. The number of aromatic carboxylic acids is 1. The van der Waals surface area contributed by atoms with Gasteiger partial charge in [-0.1, -0.05) is 12.1 Å². The van der Waals surface area contributed by atoms with Crippen molar-refractivity contribution < 1.29 is 42.4 Å². The smallest absolute Gasteiger partial charge is 0.335 e. The molecule has 0 saturated carbocycles. The lowest BCUT2D eigenvalue weighted by molar-refractivity contribution is -0.0589. The standard InChI is InChI=1S/C36H32F2N4O7/c1-45-30-12-21(36(43)44)11-29-33(30)40-31(42(29)15-23-5-8-47-23)14-25-24-6-9-48-34(24)26(13-28(25)38)35-39-7-4-32(41-35)49-18-20-3-2-19(10-27(20)37)22-16-46-17-22/h2-4,7,10-13,22-23H,5-6,8-9,14-18H2,1H3,(H,43,44)/t23-/m0/s1. The number of carboxylic acid groups (broad SMARTS) is 1. The Hall–Kier alpha value is -5.14. The molecule has 252 valence electrons. The number of fused-ring (bicyclic) bond motifs is 2. The van der Waals surface area contributed by atoms with E-state index in [0.29, 0.717) is 90.0 Å². The second-order valence-electron chi connectivity index (χ2n) is 12.3. The Balaban J connectivity index is 1.10. The first-order chi connectivity index (χ1) is 23.9. The van der Waals surface area contributed by atoms with Gasteiger partial charge in [0.05, 0.1) is 56.2 Å². The highest BCUT2D eigenvalue weighted by Crippen LogP contribution is 2.41. The van der Waals surface area contributed by atoms with Crippen LogP contribution < -0.4 is 14.2 Å². The highest BCUT2D eigenvalue weighted by atomic mass is 19.1. The number of carbonyl (C=O) groups is 1. The van der Waals surface area contributed by atoms with Gasteiger partial charge in [-0.25, -0.2) is 23.5 Å². The summed E-state index contributed by atoms with van der Waals surface area (Å²) in [5.41, 5.74) is 3.87. The minimum absolute atomic E-state index is 0.0444. The van der Waals surface area contributed by atoms with Crippen LogP contribution in [0, 0.1) is 11.6 Å². The lowest BCUT2D eigenvalue weighted by Gasteiger charge is -2.27. The maximum absolute atomic E-state index is 16.2. The van der Waals surface area contributed by atoms with Gasteiger partial charge in [-0.15, -0.1) is 0 Å². The molecule has 11 nitrogen and oxygen atoms in total. The maximum Gasteiger partial charge on any atom is 0.335 e. The van der Waals surface area contributed by atoms with Crippen molar-refractivity contribution in [1.82, 2.24) is 19.5 Å². The number of halogens is 2. The quantitative estimate of drug-likeness (QED) is 0.193. The Kier molecular flexibility index (Phi) is 8.08. The lowest BCUT2D eigenvalue weighted by Crippen LogP contribution is -2.31. The minimum atomic E-state index is -1.09. The van der Waals surface area contributed by atoms with Crippen molar-refractivity contribution in [2.75, 3.05) is 33.5 Å². The van der Waals surface area contributed by atoms with Crippen molar-refractivity contribution in [3.05, 3.63) is 93.9 Å². The van der Waals surface area contributed by atoms with E-state index in [2.05, 4.69) is 9.97 Å². The van der Waals surface area contributed by atoms with Gasteiger partial charge in [0.1, 0.15) is 41.1 Å². The SMILES string of the molecule is COc1cc(C(=O)O)cc2c1nc(Cc1c(F)cc(-c3nccc(OCc4ccc(C5COC5)cc4F)n3)c3c1CCO3)n2C[C@@H]1CCO1. The van der Waals surface area contributed by atoms with Gasteiger partial charge in [-0.05, 0) is 36.2 Å². The zero-order valence-corrected chi connectivity index (χ0v) is 26.6. The maximum atomic E-state index is 16.2. The third kappa shape index (κ3) is 5.82. The number of hydrogen-bond donors (Lipinski definition) is 1. The highest BCUT2D eigenvalue weighted by Gasteiger charge is 2.29. The van der Waals surface area contributed by atoms with Crippen LogP contribution in [0.15, 0.2) is 48.7 Å². The Morgan fingerprint density at radius 3 is 2.65 bits per heavy atom. The van der Waals surface area contributed by atoms with Crippen LogP contribution in [0.4, 0.5) is 8.78 Å². The molecule has 3 aromatic carbocycles. The number of ether oxygens (including phenoxy) is 5. The predicted octanol–water partition coefficient (Wildman–Crippen LogP) is 5.49. The molecule has 3 aliphatic rings. The van der Waals surface area contributed by atoms with E-state index in [1.54, 1.807) is 18.2 Å². The molecule has 1 N–H and O–H groups in total. The predicted molar refractivity (Wildman–Crippen MR) is 171 cm³/mol. The molecule has 8 rings (SSSR count). The lowest BCUT2D eigenvalue weighted by atomic mass is 9.96. The van der Waals surface area contributed by atoms with Crippen LogP contribution in [0.3, 0.4) is 0 Å². The first kappa shape index (κ1) is 31.1. The number of methoxy groups -OCH3 is 1. The van der Waals surface area contributed by atoms with Gasteiger partial charge in [0.25, 0.3) is 0 Å². The van der Waals surface area contributed by atoms with Crippen LogP contribution >= 0.6 is 0 Å². The summed E-state index contributed by atoms with van der Waals surface area (Å²) >= 11 is 0. The van der Waals surface area contributed by atoms with E-state index < -0.39 is 11.8 Å². The fourth-order valence-electron chi connectivity index (χ4n) is 6.48. The van der Waals surface area contributed by atoms with Gasteiger partial charge >= 0.3 is 5.97 Å². The molecule has 49 heavy (non-hydrogen) atoms. The summed E-state index contributed by atoms with van der Waals surface area (Å²) in [6.45, 7) is 2.56. The molecule has 0 aliphatic carbocycles. The first-order valence-electron chi connectivity index (χ1n) is 16.1. The number of carboxylic acids is 1. The summed E-state index contributed by atoms with van der Waals surface area (Å²) in [6.07, 6.45) is 2.87. The van der Waals surface area contributed by atoms with Gasteiger partial charge in [0, 0.05) is 54.3 Å². The Morgan fingerprint density at radius 1 is 1.08 bits per heavy atom. The van der Waals surface area contributed by atoms with E-state index in [4.69, 9.17) is 28.7 Å².